The highest BCUT2D eigenvalue weighted by Crippen LogP contribution is 2.16. The van der Waals surface area contributed by atoms with E-state index >= 15 is 0 Å². The van der Waals surface area contributed by atoms with Crippen molar-refractivity contribution in [3.63, 3.8) is 0 Å². The van der Waals surface area contributed by atoms with Crippen LogP contribution in [-0.4, -0.2) is 30.6 Å². The number of hydrazine groups is 2. The van der Waals surface area contributed by atoms with E-state index in [1.54, 1.807) is 6.92 Å². The molecule has 0 unspecified atom stereocenters. The van der Waals surface area contributed by atoms with Crippen LogP contribution in [0.5, 0.6) is 0 Å². The number of carbonyl (C=O) groups is 1. The molecule has 0 bridgehead atoms. The Morgan fingerprint density at radius 1 is 1.33 bits per heavy atom. The molecule has 0 radical (unpaired) electrons. The molecule has 5 heteroatoms. The van der Waals surface area contributed by atoms with Gasteiger partial charge in [-0.05, 0) is 31.9 Å². The SMILES string of the molecule is CCN1C=C(c2cccc(CCOCCC(C)=O)c2)NN1. The van der Waals surface area contributed by atoms with Crippen molar-refractivity contribution in [2.24, 2.45) is 0 Å². The molecular formula is C16H23N3O2. The van der Waals surface area contributed by atoms with Crippen LogP contribution in [-0.2, 0) is 16.0 Å². The summed E-state index contributed by atoms with van der Waals surface area (Å²) >= 11 is 0. The van der Waals surface area contributed by atoms with Gasteiger partial charge in [-0.15, -0.1) is 5.53 Å². The largest absolute Gasteiger partial charge is 0.381 e. The van der Waals surface area contributed by atoms with Gasteiger partial charge < -0.3 is 10.2 Å². The van der Waals surface area contributed by atoms with Gasteiger partial charge in [0.05, 0.1) is 18.9 Å². The van der Waals surface area contributed by atoms with Gasteiger partial charge in [0.2, 0.25) is 0 Å². The van der Waals surface area contributed by atoms with Crippen LogP contribution in [0.1, 0.15) is 31.4 Å². The fourth-order valence-electron chi connectivity index (χ4n) is 2.07. The Morgan fingerprint density at radius 2 is 2.19 bits per heavy atom. The molecular weight excluding hydrogens is 266 g/mol. The van der Waals surface area contributed by atoms with Crippen LogP contribution in [0.4, 0.5) is 0 Å². The number of nitrogens with one attached hydrogen (secondary N) is 2. The fraction of sp³-hybridized carbons (Fsp3) is 0.438. The van der Waals surface area contributed by atoms with E-state index in [-0.39, 0.29) is 5.78 Å². The lowest BCUT2D eigenvalue weighted by Gasteiger charge is -2.10. The summed E-state index contributed by atoms with van der Waals surface area (Å²) in [6.45, 7) is 5.73. The van der Waals surface area contributed by atoms with E-state index < -0.39 is 0 Å². The summed E-state index contributed by atoms with van der Waals surface area (Å²) in [6, 6.07) is 8.39. The topological polar surface area (TPSA) is 53.6 Å². The monoisotopic (exact) mass is 289 g/mol. The fourth-order valence-corrected chi connectivity index (χ4v) is 2.07. The third-order valence-electron chi connectivity index (χ3n) is 3.33. The van der Waals surface area contributed by atoms with Crippen molar-refractivity contribution in [3.05, 3.63) is 41.6 Å². The summed E-state index contributed by atoms with van der Waals surface area (Å²) in [7, 11) is 0. The van der Waals surface area contributed by atoms with Crippen LogP contribution in [0.2, 0.25) is 0 Å². The molecule has 0 atom stereocenters. The number of nitrogens with zero attached hydrogens (tertiary/aromatic N) is 1. The van der Waals surface area contributed by atoms with Gasteiger partial charge in [0.15, 0.2) is 0 Å². The van der Waals surface area contributed by atoms with Gasteiger partial charge in [-0.1, -0.05) is 18.2 Å². The van der Waals surface area contributed by atoms with Crippen molar-refractivity contribution in [2.75, 3.05) is 19.8 Å². The summed E-state index contributed by atoms with van der Waals surface area (Å²) < 4.78 is 5.48. The first kappa shape index (κ1) is 15.5. The van der Waals surface area contributed by atoms with Crippen LogP contribution in [0.15, 0.2) is 30.5 Å². The van der Waals surface area contributed by atoms with Gasteiger partial charge in [0.25, 0.3) is 0 Å². The zero-order valence-electron chi connectivity index (χ0n) is 12.7. The second kappa shape index (κ2) is 7.81. The third-order valence-corrected chi connectivity index (χ3v) is 3.33. The summed E-state index contributed by atoms with van der Waals surface area (Å²) in [5.41, 5.74) is 9.69. The molecule has 2 N–H and O–H groups in total. The Bertz CT molecular complexity index is 514. The Balaban J connectivity index is 1.85. The summed E-state index contributed by atoms with van der Waals surface area (Å²) in [6.07, 6.45) is 3.40. The molecule has 1 heterocycles. The number of carbonyl (C=O) groups excluding carboxylic acids is 1. The van der Waals surface area contributed by atoms with Crippen LogP contribution >= 0.6 is 0 Å². The number of rotatable bonds is 8. The summed E-state index contributed by atoms with van der Waals surface area (Å²) in [5.74, 6) is 0.171. The van der Waals surface area contributed by atoms with Gasteiger partial charge in [-0.2, -0.15) is 0 Å². The number of benzene rings is 1. The van der Waals surface area contributed by atoms with Gasteiger partial charge in [-0.3, -0.25) is 9.80 Å². The second-order valence-corrected chi connectivity index (χ2v) is 5.08. The predicted molar refractivity (Wildman–Crippen MR) is 82.9 cm³/mol. The lowest BCUT2D eigenvalue weighted by molar-refractivity contribution is -0.118. The highest BCUT2D eigenvalue weighted by molar-refractivity contribution is 5.75. The number of hydrogen-bond donors (Lipinski definition) is 2. The Morgan fingerprint density at radius 3 is 2.90 bits per heavy atom. The highest BCUT2D eigenvalue weighted by atomic mass is 16.5. The smallest absolute Gasteiger partial charge is 0.132 e. The lowest BCUT2D eigenvalue weighted by Crippen LogP contribution is -2.35. The zero-order chi connectivity index (χ0) is 15.1. The van der Waals surface area contributed by atoms with Gasteiger partial charge in [0.1, 0.15) is 5.78 Å². The Kier molecular flexibility index (Phi) is 5.78. The van der Waals surface area contributed by atoms with Crippen molar-refractivity contribution in [1.29, 1.82) is 0 Å². The molecule has 0 amide bonds. The second-order valence-electron chi connectivity index (χ2n) is 5.08. The molecule has 1 aliphatic rings. The molecule has 0 aromatic heterocycles. The first-order valence-corrected chi connectivity index (χ1v) is 7.35. The average Bonchev–Trinajstić information content (AvgIpc) is 2.96. The van der Waals surface area contributed by atoms with Crippen molar-refractivity contribution >= 4 is 11.5 Å². The molecule has 1 aliphatic heterocycles. The Hall–Kier alpha value is -1.85. The van der Waals surface area contributed by atoms with Crippen LogP contribution in [0, 0.1) is 0 Å². The maximum absolute atomic E-state index is 10.8. The molecule has 1 aromatic rings. The van der Waals surface area contributed by atoms with Crippen molar-refractivity contribution < 1.29 is 9.53 Å². The summed E-state index contributed by atoms with van der Waals surface area (Å²) in [4.78, 5) is 10.8. The number of ether oxygens (including phenoxy) is 1. The van der Waals surface area contributed by atoms with E-state index in [1.165, 1.54) is 5.56 Å². The van der Waals surface area contributed by atoms with Crippen LogP contribution < -0.4 is 11.0 Å². The maximum atomic E-state index is 10.8. The molecule has 1 aromatic carbocycles. The van der Waals surface area contributed by atoms with Crippen LogP contribution in [0.25, 0.3) is 5.70 Å². The molecule has 21 heavy (non-hydrogen) atoms. The molecule has 0 aliphatic carbocycles. The van der Waals surface area contributed by atoms with E-state index in [2.05, 4.69) is 48.3 Å². The maximum Gasteiger partial charge on any atom is 0.132 e. The zero-order valence-corrected chi connectivity index (χ0v) is 12.7. The van der Waals surface area contributed by atoms with Crippen molar-refractivity contribution in [3.8, 4) is 0 Å². The lowest BCUT2D eigenvalue weighted by atomic mass is 10.1. The van der Waals surface area contributed by atoms with E-state index in [4.69, 9.17) is 4.74 Å². The third kappa shape index (κ3) is 4.88. The summed E-state index contributed by atoms with van der Waals surface area (Å²) in [5, 5.41) is 1.99. The molecule has 5 nitrogen and oxygen atoms in total. The minimum absolute atomic E-state index is 0.171. The standard InChI is InChI=1S/C16H23N3O2/c1-3-19-12-16(17-18-19)15-6-4-5-14(11-15)8-10-21-9-7-13(2)20/h4-6,11-12,17-18H,3,7-10H2,1-2H3. The molecule has 2 rings (SSSR count). The van der Waals surface area contributed by atoms with E-state index in [0.29, 0.717) is 19.6 Å². The quantitative estimate of drug-likeness (QED) is 0.716. The molecule has 0 fully saturated rings. The van der Waals surface area contributed by atoms with E-state index in [9.17, 15) is 4.79 Å². The number of Topliss-reactive ketones (excluding diaryl/α,β-unsaturated/α-hetero) is 1. The van der Waals surface area contributed by atoms with E-state index in [1.807, 2.05) is 5.01 Å². The minimum Gasteiger partial charge on any atom is -0.381 e. The van der Waals surface area contributed by atoms with Gasteiger partial charge in [-0.25, -0.2) is 0 Å². The van der Waals surface area contributed by atoms with Crippen molar-refractivity contribution in [1.82, 2.24) is 16.0 Å². The Labute approximate surface area is 125 Å². The first-order chi connectivity index (χ1) is 10.2. The number of hydrogen-bond acceptors (Lipinski definition) is 5. The number of ketones is 1. The minimum atomic E-state index is 0.171. The molecule has 0 spiro atoms. The van der Waals surface area contributed by atoms with Crippen molar-refractivity contribution in [2.45, 2.75) is 26.7 Å². The predicted octanol–water partition coefficient (Wildman–Crippen LogP) is 1.87. The van der Waals surface area contributed by atoms with Gasteiger partial charge in [0, 0.05) is 24.7 Å². The molecule has 0 saturated carbocycles. The molecule has 114 valence electrons. The molecule has 0 saturated heterocycles. The normalized spacial score (nSPS) is 14.0. The van der Waals surface area contributed by atoms with E-state index in [0.717, 1.165) is 24.2 Å². The highest BCUT2D eigenvalue weighted by Gasteiger charge is 2.11. The van der Waals surface area contributed by atoms with Gasteiger partial charge >= 0.3 is 0 Å². The van der Waals surface area contributed by atoms with Crippen LogP contribution in [0.3, 0.4) is 0 Å². The first-order valence-electron chi connectivity index (χ1n) is 7.35. The average molecular weight is 289 g/mol.